The summed E-state index contributed by atoms with van der Waals surface area (Å²) in [4.78, 5) is 0.294. The van der Waals surface area contributed by atoms with Crippen LogP contribution >= 0.6 is 31.9 Å². The highest BCUT2D eigenvalue weighted by molar-refractivity contribution is 9.11. The molecule has 21 heavy (non-hydrogen) atoms. The minimum absolute atomic E-state index is 0.0257. The third-order valence-corrected chi connectivity index (χ3v) is 7.57. The summed E-state index contributed by atoms with van der Waals surface area (Å²) >= 11 is 6.77. The van der Waals surface area contributed by atoms with Crippen LogP contribution in [0.25, 0.3) is 0 Å². The van der Waals surface area contributed by atoms with Gasteiger partial charge in [-0.3, -0.25) is 0 Å². The number of nitrogens with one attached hydrogen (secondary N) is 1. The van der Waals surface area contributed by atoms with Gasteiger partial charge in [0.05, 0.1) is 4.90 Å². The fourth-order valence-corrected chi connectivity index (χ4v) is 5.86. The summed E-state index contributed by atoms with van der Waals surface area (Å²) in [6.45, 7) is 3.91. The van der Waals surface area contributed by atoms with Crippen molar-refractivity contribution in [3.63, 3.8) is 0 Å². The van der Waals surface area contributed by atoms with Gasteiger partial charge in [0.1, 0.15) is 0 Å². The lowest BCUT2D eigenvalue weighted by Crippen LogP contribution is -2.39. The predicted octanol–water partition coefficient (Wildman–Crippen LogP) is 4.77. The molecule has 6 heteroatoms. The van der Waals surface area contributed by atoms with Crippen molar-refractivity contribution in [1.29, 1.82) is 0 Å². The number of aryl methyl sites for hydroxylation is 1. The smallest absolute Gasteiger partial charge is 0.208 e. The van der Waals surface area contributed by atoms with E-state index in [4.69, 9.17) is 0 Å². The lowest BCUT2D eigenvalue weighted by Gasteiger charge is -2.28. The molecule has 1 saturated carbocycles. The Morgan fingerprint density at radius 2 is 1.76 bits per heavy atom. The van der Waals surface area contributed by atoms with Gasteiger partial charge >= 0.3 is 0 Å². The molecule has 0 aromatic heterocycles. The van der Waals surface area contributed by atoms with Crippen LogP contribution in [-0.2, 0) is 10.0 Å². The van der Waals surface area contributed by atoms with Crippen molar-refractivity contribution in [2.45, 2.75) is 56.9 Å². The van der Waals surface area contributed by atoms with Gasteiger partial charge in [0.2, 0.25) is 10.0 Å². The van der Waals surface area contributed by atoms with E-state index in [-0.39, 0.29) is 6.04 Å². The van der Waals surface area contributed by atoms with Crippen molar-refractivity contribution < 1.29 is 8.42 Å². The normalized spacial score (nSPS) is 18.7. The van der Waals surface area contributed by atoms with Gasteiger partial charge in [-0.1, -0.05) is 35.2 Å². The van der Waals surface area contributed by atoms with Gasteiger partial charge in [0.15, 0.2) is 0 Å². The molecule has 0 aliphatic heterocycles. The number of benzene rings is 1. The quantitative estimate of drug-likeness (QED) is 0.735. The van der Waals surface area contributed by atoms with Crippen LogP contribution in [0, 0.1) is 12.8 Å². The maximum atomic E-state index is 12.6. The zero-order valence-electron chi connectivity index (χ0n) is 12.3. The van der Waals surface area contributed by atoms with Crippen molar-refractivity contribution in [1.82, 2.24) is 4.72 Å². The Kier molecular flexibility index (Phi) is 5.91. The highest BCUT2D eigenvalue weighted by atomic mass is 79.9. The largest absolute Gasteiger partial charge is 0.241 e. The average molecular weight is 439 g/mol. The number of hydrogen-bond donors (Lipinski definition) is 1. The van der Waals surface area contributed by atoms with Crippen LogP contribution < -0.4 is 4.72 Å². The minimum atomic E-state index is -3.51. The molecule has 3 nitrogen and oxygen atoms in total. The van der Waals surface area contributed by atoms with Crippen LogP contribution in [0.4, 0.5) is 0 Å². The summed E-state index contributed by atoms with van der Waals surface area (Å²) in [6, 6.07) is 3.46. The van der Waals surface area contributed by atoms with E-state index in [2.05, 4.69) is 36.6 Å². The molecule has 1 N–H and O–H groups in total. The van der Waals surface area contributed by atoms with Crippen molar-refractivity contribution in [3.05, 3.63) is 26.6 Å². The summed E-state index contributed by atoms with van der Waals surface area (Å²) in [7, 11) is -3.51. The van der Waals surface area contributed by atoms with Crippen LogP contribution in [0.15, 0.2) is 26.0 Å². The molecule has 1 aliphatic carbocycles. The minimum Gasteiger partial charge on any atom is -0.208 e. The van der Waals surface area contributed by atoms with Crippen molar-refractivity contribution in [3.8, 4) is 0 Å². The topological polar surface area (TPSA) is 46.2 Å². The van der Waals surface area contributed by atoms with Crippen molar-refractivity contribution >= 4 is 41.9 Å². The Morgan fingerprint density at radius 1 is 1.14 bits per heavy atom. The Bertz CT molecular complexity index is 610. The first kappa shape index (κ1) is 17.4. The molecule has 1 unspecified atom stereocenters. The zero-order valence-corrected chi connectivity index (χ0v) is 16.3. The first-order valence-corrected chi connectivity index (χ1v) is 10.4. The van der Waals surface area contributed by atoms with Crippen LogP contribution in [-0.4, -0.2) is 14.5 Å². The molecule has 1 aromatic carbocycles. The maximum Gasteiger partial charge on any atom is 0.241 e. The summed E-state index contributed by atoms with van der Waals surface area (Å²) in [6.07, 6.45) is 5.91. The van der Waals surface area contributed by atoms with Gasteiger partial charge in [0, 0.05) is 15.0 Å². The molecule has 0 heterocycles. The molecule has 0 radical (unpaired) electrons. The Balaban J connectivity index is 2.20. The fourth-order valence-electron chi connectivity index (χ4n) is 2.87. The van der Waals surface area contributed by atoms with Gasteiger partial charge < -0.3 is 0 Å². The molecule has 2 rings (SSSR count). The molecule has 0 amide bonds. The zero-order chi connectivity index (χ0) is 15.6. The van der Waals surface area contributed by atoms with E-state index in [0.29, 0.717) is 15.3 Å². The van der Waals surface area contributed by atoms with E-state index >= 15 is 0 Å². The molecule has 0 saturated heterocycles. The second kappa shape index (κ2) is 7.11. The molecule has 1 aromatic rings. The highest BCUT2D eigenvalue weighted by Gasteiger charge is 2.26. The van der Waals surface area contributed by atoms with Gasteiger partial charge in [0.25, 0.3) is 0 Å². The molecular weight excluding hydrogens is 418 g/mol. The molecule has 0 bridgehead atoms. The van der Waals surface area contributed by atoms with Crippen LogP contribution in [0.3, 0.4) is 0 Å². The van der Waals surface area contributed by atoms with E-state index in [1.54, 1.807) is 6.07 Å². The predicted molar refractivity (Wildman–Crippen MR) is 92.9 cm³/mol. The van der Waals surface area contributed by atoms with E-state index in [1.807, 2.05) is 19.9 Å². The van der Waals surface area contributed by atoms with Crippen molar-refractivity contribution in [2.24, 2.45) is 5.92 Å². The van der Waals surface area contributed by atoms with E-state index in [0.717, 1.165) is 22.9 Å². The van der Waals surface area contributed by atoms with Crippen LogP contribution in [0.2, 0.25) is 0 Å². The number of sulfonamides is 1. The third-order valence-electron chi connectivity index (χ3n) is 4.20. The van der Waals surface area contributed by atoms with E-state index in [9.17, 15) is 8.42 Å². The average Bonchev–Trinajstić information content (AvgIpc) is 2.43. The first-order valence-electron chi connectivity index (χ1n) is 7.29. The van der Waals surface area contributed by atoms with Crippen LogP contribution in [0.1, 0.15) is 44.6 Å². The van der Waals surface area contributed by atoms with Gasteiger partial charge in [-0.2, -0.15) is 0 Å². The second-order valence-electron chi connectivity index (χ2n) is 5.84. The second-order valence-corrected chi connectivity index (χ2v) is 9.23. The first-order chi connectivity index (χ1) is 9.81. The highest BCUT2D eigenvalue weighted by Crippen LogP contribution is 2.31. The number of halogens is 2. The summed E-state index contributed by atoms with van der Waals surface area (Å²) in [5, 5.41) is 0. The fraction of sp³-hybridized carbons (Fsp3) is 0.600. The Labute approximate surface area is 144 Å². The molecule has 1 fully saturated rings. The lowest BCUT2D eigenvalue weighted by atomic mass is 9.85. The van der Waals surface area contributed by atoms with Crippen LogP contribution in [0.5, 0.6) is 0 Å². The molecular formula is C15H21Br2NO2S. The van der Waals surface area contributed by atoms with E-state index in [1.165, 1.54) is 19.3 Å². The van der Waals surface area contributed by atoms with Gasteiger partial charge in [-0.25, -0.2) is 13.1 Å². The lowest BCUT2D eigenvalue weighted by molar-refractivity contribution is 0.303. The molecule has 1 atom stereocenters. The molecule has 118 valence electrons. The number of rotatable bonds is 4. The summed E-state index contributed by atoms with van der Waals surface area (Å²) in [5.74, 6) is 0.446. The standard InChI is InChI=1S/C15H21Br2NO2S/c1-10-8-14(17)15(9-13(10)16)21(19,20)18-11(2)12-6-4-3-5-7-12/h8-9,11-12,18H,3-7H2,1-2H3. The summed E-state index contributed by atoms with van der Waals surface area (Å²) < 4.78 is 29.5. The third kappa shape index (κ3) is 4.30. The van der Waals surface area contributed by atoms with Crippen molar-refractivity contribution in [2.75, 3.05) is 0 Å². The Morgan fingerprint density at radius 3 is 2.38 bits per heavy atom. The SMILES string of the molecule is Cc1cc(Br)c(S(=O)(=O)NC(C)C2CCCCC2)cc1Br. The van der Waals surface area contributed by atoms with Gasteiger partial charge in [-0.15, -0.1) is 0 Å². The monoisotopic (exact) mass is 437 g/mol. The number of hydrogen-bond acceptors (Lipinski definition) is 2. The summed E-state index contributed by atoms with van der Waals surface area (Å²) in [5.41, 5.74) is 1.00. The Hall–Kier alpha value is 0.0900. The van der Waals surface area contributed by atoms with Gasteiger partial charge in [-0.05, 0) is 66.2 Å². The maximum absolute atomic E-state index is 12.6. The molecule has 0 spiro atoms. The van der Waals surface area contributed by atoms with E-state index < -0.39 is 10.0 Å². The molecule has 1 aliphatic rings.